The van der Waals surface area contributed by atoms with E-state index in [1.807, 2.05) is 37.3 Å². The van der Waals surface area contributed by atoms with Crippen molar-refractivity contribution in [3.8, 4) is 11.5 Å². The maximum Gasteiger partial charge on any atom is 0.260 e. The molecular weight excluding hydrogens is 508 g/mol. The van der Waals surface area contributed by atoms with Crippen molar-refractivity contribution in [3.05, 3.63) is 89.5 Å². The van der Waals surface area contributed by atoms with Crippen LogP contribution in [0, 0.1) is 6.92 Å². The predicted molar refractivity (Wildman–Crippen MR) is 146 cm³/mol. The van der Waals surface area contributed by atoms with Gasteiger partial charge in [-0.3, -0.25) is 13.9 Å². The Kier molecular flexibility index (Phi) is 9.83. The van der Waals surface area contributed by atoms with Crippen molar-refractivity contribution in [3.63, 3.8) is 0 Å². The van der Waals surface area contributed by atoms with Crippen molar-refractivity contribution in [2.24, 2.45) is 5.10 Å². The van der Waals surface area contributed by atoms with E-state index < -0.39 is 22.5 Å². The molecular formula is C27H30N4O6S. The molecule has 200 valence electrons. The fourth-order valence-corrected chi connectivity index (χ4v) is 4.22. The van der Waals surface area contributed by atoms with Gasteiger partial charge < -0.3 is 14.8 Å². The molecule has 0 aliphatic heterocycles. The minimum absolute atomic E-state index is 0.126. The normalized spacial score (nSPS) is 11.1. The van der Waals surface area contributed by atoms with Gasteiger partial charge in [-0.15, -0.1) is 0 Å². The standard InChI is InChI=1S/C27H30N4O6S/c1-20-9-14-25(36-2)24(15-20)31(38(3,34)35)18-26(32)30-29-17-22-10-12-23(13-11-22)37-19-27(33)28-16-21-7-5-4-6-8-21/h4-15,17H,16,18-19H2,1-3H3,(H,28,33)(H,30,32)/b29-17-. The lowest BCUT2D eigenvalue weighted by Gasteiger charge is -2.23. The first-order valence-electron chi connectivity index (χ1n) is 11.6. The summed E-state index contributed by atoms with van der Waals surface area (Å²) < 4.78 is 36.5. The molecule has 10 nitrogen and oxygen atoms in total. The van der Waals surface area contributed by atoms with Gasteiger partial charge in [0.25, 0.3) is 11.8 Å². The van der Waals surface area contributed by atoms with Crippen molar-refractivity contribution in [1.82, 2.24) is 10.7 Å². The molecule has 0 aliphatic rings. The van der Waals surface area contributed by atoms with Crippen molar-refractivity contribution in [2.45, 2.75) is 13.5 Å². The molecule has 0 saturated carbocycles. The van der Waals surface area contributed by atoms with Crippen LogP contribution in [0.25, 0.3) is 0 Å². The van der Waals surface area contributed by atoms with Gasteiger partial charge in [0.15, 0.2) is 6.61 Å². The molecule has 3 aromatic carbocycles. The molecule has 0 aromatic heterocycles. The summed E-state index contributed by atoms with van der Waals surface area (Å²) >= 11 is 0. The summed E-state index contributed by atoms with van der Waals surface area (Å²) in [5, 5.41) is 6.69. The Bertz CT molecular complexity index is 1380. The summed E-state index contributed by atoms with van der Waals surface area (Å²) in [4.78, 5) is 24.5. The van der Waals surface area contributed by atoms with Gasteiger partial charge in [0.05, 0.1) is 25.3 Å². The topological polar surface area (TPSA) is 126 Å². The van der Waals surface area contributed by atoms with Crippen molar-refractivity contribution in [2.75, 3.05) is 30.8 Å². The Labute approximate surface area is 222 Å². The predicted octanol–water partition coefficient (Wildman–Crippen LogP) is 2.62. The first-order chi connectivity index (χ1) is 18.2. The summed E-state index contributed by atoms with van der Waals surface area (Å²) in [5.74, 6) is -0.0458. The van der Waals surface area contributed by atoms with E-state index in [1.165, 1.54) is 13.3 Å². The minimum Gasteiger partial charge on any atom is -0.495 e. The molecule has 3 aromatic rings. The average molecular weight is 539 g/mol. The highest BCUT2D eigenvalue weighted by atomic mass is 32.2. The number of hydrogen-bond acceptors (Lipinski definition) is 7. The second-order valence-corrected chi connectivity index (χ2v) is 10.3. The van der Waals surface area contributed by atoms with Crippen LogP contribution in [-0.4, -0.2) is 53.0 Å². The van der Waals surface area contributed by atoms with E-state index in [4.69, 9.17) is 9.47 Å². The van der Waals surface area contributed by atoms with E-state index in [-0.39, 0.29) is 18.2 Å². The first-order valence-corrected chi connectivity index (χ1v) is 13.5. The quantitative estimate of drug-likeness (QED) is 0.270. The molecule has 0 saturated heterocycles. The summed E-state index contributed by atoms with van der Waals surface area (Å²) in [6, 6.07) is 21.4. The largest absolute Gasteiger partial charge is 0.495 e. The molecule has 2 amide bonds. The highest BCUT2D eigenvalue weighted by Crippen LogP contribution is 2.30. The van der Waals surface area contributed by atoms with Gasteiger partial charge in [0, 0.05) is 6.54 Å². The highest BCUT2D eigenvalue weighted by Gasteiger charge is 2.24. The zero-order chi connectivity index (χ0) is 27.5. The molecule has 0 fully saturated rings. The van der Waals surface area contributed by atoms with Gasteiger partial charge in [-0.1, -0.05) is 36.4 Å². The molecule has 11 heteroatoms. The molecule has 3 rings (SSSR count). The number of hydrogen-bond donors (Lipinski definition) is 2. The Hall–Kier alpha value is -4.38. The number of anilines is 1. The zero-order valence-corrected chi connectivity index (χ0v) is 22.2. The molecule has 0 spiro atoms. The monoisotopic (exact) mass is 538 g/mol. The molecule has 0 heterocycles. The number of nitrogens with zero attached hydrogens (tertiary/aromatic N) is 2. The summed E-state index contributed by atoms with van der Waals surface area (Å²) in [7, 11) is -2.35. The Balaban J connectivity index is 1.51. The number of benzene rings is 3. The molecule has 0 radical (unpaired) electrons. The van der Waals surface area contributed by atoms with E-state index in [2.05, 4.69) is 15.8 Å². The van der Waals surface area contributed by atoms with Gasteiger partial charge in [-0.25, -0.2) is 13.8 Å². The number of carbonyl (C=O) groups excluding carboxylic acids is 2. The summed E-state index contributed by atoms with van der Waals surface area (Å²) in [5.41, 5.74) is 5.07. The van der Waals surface area contributed by atoms with Crippen LogP contribution in [-0.2, 0) is 26.2 Å². The second-order valence-electron chi connectivity index (χ2n) is 8.36. The number of rotatable bonds is 12. The number of amides is 2. The van der Waals surface area contributed by atoms with Crippen molar-refractivity contribution >= 4 is 33.7 Å². The van der Waals surface area contributed by atoms with Crippen LogP contribution in [0.1, 0.15) is 16.7 Å². The number of methoxy groups -OCH3 is 1. The van der Waals surface area contributed by atoms with Crippen LogP contribution in [0.4, 0.5) is 5.69 Å². The van der Waals surface area contributed by atoms with Gasteiger partial charge in [0.1, 0.15) is 18.0 Å². The van der Waals surface area contributed by atoms with E-state index in [9.17, 15) is 18.0 Å². The maximum absolute atomic E-state index is 12.5. The van der Waals surface area contributed by atoms with Gasteiger partial charge >= 0.3 is 0 Å². The van der Waals surface area contributed by atoms with Crippen molar-refractivity contribution < 1.29 is 27.5 Å². The molecule has 0 aliphatic carbocycles. The molecule has 38 heavy (non-hydrogen) atoms. The SMILES string of the molecule is COc1ccc(C)cc1N(CC(=O)N/N=C\c1ccc(OCC(=O)NCc2ccccc2)cc1)S(C)(=O)=O. The second kappa shape index (κ2) is 13.2. The Morgan fingerprint density at radius 3 is 2.37 bits per heavy atom. The first kappa shape index (κ1) is 28.2. The van der Waals surface area contributed by atoms with Gasteiger partial charge in [-0.05, 0) is 60.0 Å². The van der Waals surface area contributed by atoms with E-state index in [0.717, 1.165) is 21.7 Å². The van der Waals surface area contributed by atoms with Crippen LogP contribution in [0.15, 0.2) is 77.9 Å². The number of sulfonamides is 1. The minimum atomic E-state index is -3.78. The van der Waals surface area contributed by atoms with Crippen LogP contribution in [0.5, 0.6) is 11.5 Å². The molecule has 2 N–H and O–H groups in total. The third-order valence-corrected chi connectivity index (χ3v) is 6.40. The zero-order valence-electron chi connectivity index (χ0n) is 21.4. The van der Waals surface area contributed by atoms with E-state index in [1.54, 1.807) is 42.5 Å². The summed E-state index contributed by atoms with van der Waals surface area (Å²) in [6.45, 7) is 1.63. The molecule has 0 bridgehead atoms. The van der Waals surface area contributed by atoms with Crippen LogP contribution in [0.3, 0.4) is 0 Å². The third-order valence-electron chi connectivity index (χ3n) is 5.28. The molecule has 0 atom stereocenters. The molecule has 0 unspecified atom stereocenters. The van der Waals surface area contributed by atoms with Crippen LogP contribution in [0.2, 0.25) is 0 Å². The third kappa shape index (κ3) is 8.63. The van der Waals surface area contributed by atoms with Gasteiger partial charge in [0.2, 0.25) is 10.0 Å². The fourth-order valence-electron chi connectivity index (χ4n) is 3.37. The lowest BCUT2D eigenvalue weighted by molar-refractivity contribution is -0.123. The number of ether oxygens (including phenoxy) is 2. The highest BCUT2D eigenvalue weighted by molar-refractivity contribution is 7.92. The Morgan fingerprint density at radius 1 is 1.00 bits per heavy atom. The van der Waals surface area contributed by atoms with Crippen molar-refractivity contribution in [1.29, 1.82) is 0 Å². The number of aryl methyl sites for hydroxylation is 1. The van der Waals surface area contributed by atoms with Crippen LogP contribution >= 0.6 is 0 Å². The lowest BCUT2D eigenvalue weighted by atomic mass is 10.2. The lowest BCUT2D eigenvalue weighted by Crippen LogP contribution is -2.39. The van der Waals surface area contributed by atoms with Gasteiger partial charge in [-0.2, -0.15) is 5.10 Å². The summed E-state index contributed by atoms with van der Waals surface area (Å²) in [6.07, 6.45) is 2.42. The van der Waals surface area contributed by atoms with E-state index >= 15 is 0 Å². The Morgan fingerprint density at radius 2 is 1.71 bits per heavy atom. The maximum atomic E-state index is 12.5. The fraction of sp³-hybridized carbons (Fsp3) is 0.222. The van der Waals surface area contributed by atoms with E-state index in [0.29, 0.717) is 23.6 Å². The number of hydrazone groups is 1. The number of carbonyl (C=O) groups is 2. The smallest absolute Gasteiger partial charge is 0.260 e. The number of nitrogens with one attached hydrogen (secondary N) is 2. The van der Waals surface area contributed by atoms with Crippen LogP contribution < -0.4 is 24.5 Å². The average Bonchev–Trinajstić information content (AvgIpc) is 2.90.